The number of hydrogen-bond donors (Lipinski definition) is 1. The van der Waals surface area contributed by atoms with E-state index in [1.165, 1.54) is 17.1 Å². The number of carbonyl (C=O) groups excluding carboxylic acids is 1. The number of sulfonamides is 1. The van der Waals surface area contributed by atoms with Crippen molar-refractivity contribution < 1.29 is 13.2 Å². The van der Waals surface area contributed by atoms with Crippen molar-refractivity contribution >= 4 is 15.9 Å². The molecular formula is C17H25N3O3S. The normalized spacial score (nSPS) is 19.9. The second kappa shape index (κ2) is 7.63. The lowest BCUT2D eigenvalue weighted by atomic mass is 10.3. The third kappa shape index (κ3) is 4.34. The van der Waals surface area contributed by atoms with Crippen molar-refractivity contribution in [1.82, 2.24) is 14.5 Å². The van der Waals surface area contributed by atoms with E-state index in [-0.39, 0.29) is 5.91 Å². The Balaban J connectivity index is 1.55. The van der Waals surface area contributed by atoms with Crippen LogP contribution in [-0.4, -0.2) is 62.8 Å². The fourth-order valence-corrected chi connectivity index (χ4v) is 4.43. The van der Waals surface area contributed by atoms with E-state index >= 15 is 0 Å². The SMILES string of the molecule is O=C(CNCC1CC1)N1CCCN(S(=O)(=O)c2ccccc2)CC1. The number of nitrogens with one attached hydrogen (secondary N) is 1. The Morgan fingerprint density at radius 3 is 2.54 bits per heavy atom. The van der Waals surface area contributed by atoms with E-state index in [2.05, 4.69) is 5.32 Å². The van der Waals surface area contributed by atoms with Crippen molar-refractivity contribution in [3.05, 3.63) is 30.3 Å². The molecule has 1 N–H and O–H groups in total. The van der Waals surface area contributed by atoms with Gasteiger partial charge in [-0.25, -0.2) is 8.42 Å². The van der Waals surface area contributed by atoms with Crippen LogP contribution in [-0.2, 0) is 14.8 Å². The molecule has 24 heavy (non-hydrogen) atoms. The maximum Gasteiger partial charge on any atom is 0.243 e. The lowest BCUT2D eigenvalue weighted by Gasteiger charge is -2.22. The van der Waals surface area contributed by atoms with Gasteiger partial charge in [0.1, 0.15) is 0 Å². The summed E-state index contributed by atoms with van der Waals surface area (Å²) >= 11 is 0. The van der Waals surface area contributed by atoms with E-state index in [0.717, 1.165) is 12.5 Å². The number of carbonyl (C=O) groups is 1. The van der Waals surface area contributed by atoms with Gasteiger partial charge in [-0.05, 0) is 43.9 Å². The number of benzene rings is 1. The van der Waals surface area contributed by atoms with Crippen molar-refractivity contribution in [2.45, 2.75) is 24.2 Å². The van der Waals surface area contributed by atoms with Crippen LogP contribution in [0.4, 0.5) is 0 Å². The average Bonchev–Trinajstić information content (AvgIpc) is 3.41. The van der Waals surface area contributed by atoms with Crippen molar-refractivity contribution in [3.8, 4) is 0 Å². The van der Waals surface area contributed by atoms with Crippen molar-refractivity contribution in [2.75, 3.05) is 39.3 Å². The number of rotatable bonds is 6. The van der Waals surface area contributed by atoms with Gasteiger partial charge in [0.25, 0.3) is 0 Å². The zero-order valence-corrected chi connectivity index (χ0v) is 14.7. The molecule has 1 saturated carbocycles. The minimum Gasteiger partial charge on any atom is -0.340 e. The molecule has 0 bridgehead atoms. The highest BCUT2D eigenvalue weighted by Gasteiger charge is 2.28. The summed E-state index contributed by atoms with van der Waals surface area (Å²) in [6.45, 7) is 3.14. The standard InChI is InChI=1S/C17H25N3O3S/c21-17(14-18-13-15-7-8-15)19-9-4-10-20(12-11-19)24(22,23)16-5-2-1-3-6-16/h1-3,5-6,15,18H,4,7-14H2. The second-order valence-electron chi connectivity index (χ2n) is 6.53. The summed E-state index contributed by atoms with van der Waals surface area (Å²) in [5.74, 6) is 0.808. The Hall–Kier alpha value is -1.44. The van der Waals surface area contributed by atoms with Crippen LogP contribution >= 0.6 is 0 Å². The molecule has 2 aliphatic rings. The molecule has 7 heteroatoms. The highest BCUT2D eigenvalue weighted by molar-refractivity contribution is 7.89. The van der Waals surface area contributed by atoms with Crippen LogP contribution < -0.4 is 5.32 Å². The van der Waals surface area contributed by atoms with Crippen molar-refractivity contribution in [3.63, 3.8) is 0 Å². The van der Waals surface area contributed by atoms with Gasteiger partial charge in [0.05, 0.1) is 11.4 Å². The molecule has 1 aromatic carbocycles. The van der Waals surface area contributed by atoms with Crippen LogP contribution in [0.25, 0.3) is 0 Å². The third-order valence-electron chi connectivity index (χ3n) is 4.59. The van der Waals surface area contributed by atoms with Gasteiger partial charge in [-0.2, -0.15) is 4.31 Å². The number of amides is 1. The zero-order chi connectivity index (χ0) is 17.0. The van der Waals surface area contributed by atoms with E-state index in [1.54, 1.807) is 35.2 Å². The molecule has 1 aliphatic heterocycles. The first kappa shape index (κ1) is 17.4. The first-order valence-corrected chi connectivity index (χ1v) is 10.0. The topological polar surface area (TPSA) is 69.7 Å². The maximum atomic E-state index is 12.7. The molecule has 1 amide bonds. The van der Waals surface area contributed by atoms with E-state index in [1.807, 2.05) is 0 Å². The highest BCUT2D eigenvalue weighted by atomic mass is 32.2. The second-order valence-corrected chi connectivity index (χ2v) is 8.46. The molecule has 1 heterocycles. The largest absolute Gasteiger partial charge is 0.340 e. The molecule has 0 spiro atoms. The first-order chi connectivity index (χ1) is 11.6. The maximum absolute atomic E-state index is 12.7. The Bertz CT molecular complexity index is 659. The van der Waals surface area contributed by atoms with Crippen LogP contribution in [0.1, 0.15) is 19.3 Å². The lowest BCUT2D eigenvalue weighted by molar-refractivity contribution is -0.130. The van der Waals surface area contributed by atoms with E-state index in [9.17, 15) is 13.2 Å². The third-order valence-corrected chi connectivity index (χ3v) is 6.51. The molecule has 1 aromatic rings. The molecule has 1 aliphatic carbocycles. The average molecular weight is 351 g/mol. The molecule has 2 fully saturated rings. The molecule has 132 valence electrons. The van der Waals surface area contributed by atoms with Gasteiger partial charge < -0.3 is 10.2 Å². The minimum atomic E-state index is -3.47. The lowest BCUT2D eigenvalue weighted by Crippen LogP contribution is -2.41. The molecule has 1 saturated heterocycles. The van der Waals surface area contributed by atoms with Gasteiger partial charge in [0.2, 0.25) is 15.9 Å². The van der Waals surface area contributed by atoms with Gasteiger partial charge >= 0.3 is 0 Å². The Morgan fingerprint density at radius 1 is 1.08 bits per heavy atom. The minimum absolute atomic E-state index is 0.0645. The summed E-state index contributed by atoms with van der Waals surface area (Å²) in [5, 5.41) is 3.21. The summed E-state index contributed by atoms with van der Waals surface area (Å²) in [5.41, 5.74) is 0. The van der Waals surface area contributed by atoms with Crippen LogP contribution in [0.15, 0.2) is 35.2 Å². The quantitative estimate of drug-likeness (QED) is 0.827. The van der Waals surface area contributed by atoms with Gasteiger partial charge in [-0.1, -0.05) is 18.2 Å². The predicted octanol–water partition coefficient (Wildman–Crippen LogP) is 0.909. The van der Waals surface area contributed by atoms with Crippen LogP contribution in [0.5, 0.6) is 0 Å². The summed E-state index contributed by atoms with van der Waals surface area (Å²) in [6.07, 6.45) is 3.19. The predicted molar refractivity (Wildman–Crippen MR) is 92.0 cm³/mol. The molecule has 0 radical (unpaired) electrons. The van der Waals surface area contributed by atoms with Crippen molar-refractivity contribution in [2.24, 2.45) is 5.92 Å². The molecule has 6 nitrogen and oxygen atoms in total. The monoisotopic (exact) mass is 351 g/mol. The van der Waals surface area contributed by atoms with Crippen LogP contribution in [0.2, 0.25) is 0 Å². The van der Waals surface area contributed by atoms with Gasteiger partial charge in [0, 0.05) is 26.2 Å². The van der Waals surface area contributed by atoms with E-state index < -0.39 is 10.0 Å². The molecule has 3 rings (SSSR count). The molecule has 0 aromatic heterocycles. The number of nitrogens with zero attached hydrogens (tertiary/aromatic N) is 2. The molecule has 0 atom stereocenters. The van der Waals surface area contributed by atoms with E-state index in [0.29, 0.717) is 44.0 Å². The Morgan fingerprint density at radius 2 is 1.83 bits per heavy atom. The van der Waals surface area contributed by atoms with Gasteiger partial charge in [-0.15, -0.1) is 0 Å². The smallest absolute Gasteiger partial charge is 0.243 e. The van der Waals surface area contributed by atoms with Gasteiger partial charge in [0.15, 0.2) is 0 Å². The van der Waals surface area contributed by atoms with Crippen LogP contribution in [0.3, 0.4) is 0 Å². The summed E-state index contributed by atoms with van der Waals surface area (Å²) < 4.78 is 26.9. The zero-order valence-electron chi connectivity index (χ0n) is 13.9. The fraction of sp³-hybridized carbons (Fsp3) is 0.588. The first-order valence-electron chi connectivity index (χ1n) is 8.61. The number of hydrogen-bond acceptors (Lipinski definition) is 4. The summed E-state index contributed by atoms with van der Waals surface area (Å²) in [6, 6.07) is 8.49. The summed E-state index contributed by atoms with van der Waals surface area (Å²) in [4.78, 5) is 14.4. The van der Waals surface area contributed by atoms with E-state index in [4.69, 9.17) is 0 Å². The molecular weight excluding hydrogens is 326 g/mol. The fourth-order valence-electron chi connectivity index (χ4n) is 2.94. The molecule has 0 unspecified atom stereocenters. The summed E-state index contributed by atoms with van der Waals surface area (Å²) in [7, 11) is -3.47. The highest BCUT2D eigenvalue weighted by Crippen LogP contribution is 2.27. The van der Waals surface area contributed by atoms with Gasteiger partial charge in [-0.3, -0.25) is 4.79 Å². The van der Waals surface area contributed by atoms with Crippen LogP contribution in [0, 0.1) is 5.92 Å². The Labute approximate surface area is 143 Å². The Kier molecular flexibility index (Phi) is 5.53. The van der Waals surface area contributed by atoms with Crippen molar-refractivity contribution in [1.29, 1.82) is 0 Å².